The fraction of sp³-hybridized carbons (Fsp3) is 0.464. The van der Waals surface area contributed by atoms with Crippen molar-refractivity contribution >= 4 is 17.8 Å². The molecule has 0 aromatic heterocycles. The monoisotopic (exact) mass is 512 g/mol. The van der Waals surface area contributed by atoms with Crippen molar-refractivity contribution in [3.05, 3.63) is 53.6 Å². The minimum atomic E-state index is -0.494. The van der Waals surface area contributed by atoms with E-state index in [4.69, 9.17) is 19.9 Å². The summed E-state index contributed by atoms with van der Waals surface area (Å²) in [5, 5.41) is 2.40. The highest BCUT2D eigenvalue weighted by Crippen LogP contribution is 2.29. The third-order valence-corrected chi connectivity index (χ3v) is 5.66. The highest BCUT2D eigenvalue weighted by atomic mass is 16.5. The second kappa shape index (κ2) is 14.7. The Balaban J connectivity index is 1.77. The number of aliphatic imine (C=N–C) groups is 1. The highest BCUT2D eigenvalue weighted by molar-refractivity contribution is 6.03. The molecule has 0 bridgehead atoms. The van der Waals surface area contributed by atoms with Crippen LogP contribution in [0.2, 0.25) is 0 Å². The Bertz CT molecular complexity index is 1040. The lowest BCUT2D eigenvalue weighted by molar-refractivity contribution is 0.0643. The number of benzene rings is 2. The summed E-state index contributed by atoms with van der Waals surface area (Å²) in [5.41, 5.74) is 7.05. The molecule has 0 unspecified atom stereocenters. The first kappa shape index (κ1) is 29.5. The zero-order valence-electron chi connectivity index (χ0n) is 22.7. The number of unbranched alkanes of at least 4 members (excludes halogenated alkanes) is 2. The van der Waals surface area contributed by atoms with Gasteiger partial charge >= 0.3 is 6.03 Å². The molecule has 2 rings (SSSR count). The SMILES string of the molecule is CNC(=O)N=C(N)c1ccc(OCCCCCOc2ccc(C(=O)N(C(C)C)C(C)C)cc2OC)cc1. The normalized spacial score (nSPS) is 11.4. The van der Waals surface area contributed by atoms with Crippen LogP contribution in [0.4, 0.5) is 4.79 Å². The fourth-order valence-corrected chi connectivity index (χ4v) is 3.84. The number of amidine groups is 1. The number of hydrogen-bond donors (Lipinski definition) is 2. The maximum absolute atomic E-state index is 13.0. The molecule has 37 heavy (non-hydrogen) atoms. The average Bonchev–Trinajstić information content (AvgIpc) is 2.87. The van der Waals surface area contributed by atoms with Crippen molar-refractivity contribution in [2.24, 2.45) is 10.7 Å². The van der Waals surface area contributed by atoms with Crippen LogP contribution in [-0.4, -0.2) is 62.1 Å². The van der Waals surface area contributed by atoms with Crippen LogP contribution in [0.1, 0.15) is 62.9 Å². The lowest BCUT2D eigenvalue weighted by Crippen LogP contribution is -2.42. The molecule has 9 nitrogen and oxygen atoms in total. The van der Waals surface area contributed by atoms with Crippen LogP contribution in [0.25, 0.3) is 0 Å². The molecule has 0 saturated carbocycles. The Hall–Kier alpha value is -3.75. The van der Waals surface area contributed by atoms with E-state index >= 15 is 0 Å². The lowest BCUT2D eigenvalue weighted by Gasteiger charge is -2.31. The first-order valence-corrected chi connectivity index (χ1v) is 12.6. The van der Waals surface area contributed by atoms with Gasteiger partial charge in [-0.2, -0.15) is 4.99 Å². The molecule has 0 aliphatic rings. The fourth-order valence-electron chi connectivity index (χ4n) is 3.84. The molecule has 0 fully saturated rings. The van der Waals surface area contributed by atoms with E-state index in [2.05, 4.69) is 10.3 Å². The Labute approximate surface area is 220 Å². The summed E-state index contributed by atoms with van der Waals surface area (Å²) in [7, 11) is 3.07. The molecule has 0 heterocycles. The Morgan fingerprint density at radius 3 is 2.05 bits per heavy atom. The smallest absolute Gasteiger partial charge is 0.342 e. The number of nitrogens with two attached hydrogens (primary N) is 1. The molecule has 9 heteroatoms. The van der Waals surface area contributed by atoms with Crippen molar-refractivity contribution in [2.45, 2.75) is 59.0 Å². The van der Waals surface area contributed by atoms with Crippen LogP contribution >= 0.6 is 0 Å². The van der Waals surface area contributed by atoms with E-state index in [0.29, 0.717) is 35.8 Å². The number of nitrogens with one attached hydrogen (secondary N) is 1. The van der Waals surface area contributed by atoms with Crippen molar-refractivity contribution in [3.63, 3.8) is 0 Å². The maximum Gasteiger partial charge on any atom is 0.342 e. The van der Waals surface area contributed by atoms with Gasteiger partial charge in [-0.3, -0.25) is 4.79 Å². The van der Waals surface area contributed by atoms with Gasteiger partial charge in [-0.05, 0) is 89.4 Å². The number of urea groups is 1. The molecule has 2 aromatic rings. The van der Waals surface area contributed by atoms with Gasteiger partial charge in [-0.15, -0.1) is 0 Å². The number of amides is 3. The van der Waals surface area contributed by atoms with Crippen molar-refractivity contribution < 1.29 is 23.8 Å². The van der Waals surface area contributed by atoms with E-state index < -0.39 is 6.03 Å². The molecular weight excluding hydrogens is 472 g/mol. The van der Waals surface area contributed by atoms with Crippen LogP contribution in [0.15, 0.2) is 47.5 Å². The van der Waals surface area contributed by atoms with Crippen molar-refractivity contribution in [1.82, 2.24) is 10.2 Å². The van der Waals surface area contributed by atoms with Crippen LogP contribution < -0.4 is 25.3 Å². The predicted molar refractivity (Wildman–Crippen MR) is 146 cm³/mol. The topological polar surface area (TPSA) is 115 Å². The molecular formula is C28H40N4O5. The second-order valence-corrected chi connectivity index (χ2v) is 9.10. The summed E-state index contributed by atoms with van der Waals surface area (Å²) in [6.07, 6.45) is 2.66. The predicted octanol–water partition coefficient (Wildman–Crippen LogP) is 4.63. The van der Waals surface area contributed by atoms with E-state index in [9.17, 15) is 9.59 Å². The summed E-state index contributed by atoms with van der Waals surface area (Å²) in [6, 6.07) is 12.2. The maximum atomic E-state index is 13.0. The summed E-state index contributed by atoms with van der Waals surface area (Å²) in [6.45, 7) is 9.15. The van der Waals surface area contributed by atoms with E-state index in [1.807, 2.05) is 32.6 Å². The highest BCUT2D eigenvalue weighted by Gasteiger charge is 2.22. The molecule has 0 aliphatic heterocycles. The number of rotatable bonds is 13. The molecule has 0 aliphatic carbocycles. The van der Waals surface area contributed by atoms with Gasteiger partial charge in [-0.1, -0.05) is 0 Å². The van der Waals surface area contributed by atoms with Crippen molar-refractivity contribution in [1.29, 1.82) is 0 Å². The van der Waals surface area contributed by atoms with E-state index in [0.717, 1.165) is 25.0 Å². The Morgan fingerprint density at radius 2 is 1.49 bits per heavy atom. The first-order valence-electron chi connectivity index (χ1n) is 12.6. The first-order chi connectivity index (χ1) is 17.7. The zero-order valence-corrected chi connectivity index (χ0v) is 22.7. The molecule has 0 atom stereocenters. The summed E-state index contributed by atoms with van der Waals surface area (Å²) < 4.78 is 17.2. The number of nitrogens with zero attached hydrogens (tertiary/aromatic N) is 2. The van der Waals surface area contributed by atoms with Crippen LogP contribution in [0, 0.1) is 0 Å². The number of ether oxygens (including phenoxy) is 3. The van der Waals surface area contributed by atoms with Crippen LogP contribution in [0.3, 0.4) is 0 Å². The van der Waals surface area contributed by atoms with Crippen molar-refractivity contribution in [2.75, 3.05) is 27.4 Å². The third-order valence-electron chi connectivity index (χ3n) is 5.66. The summed E-state index contributed by atoms with van der Waals surface area (Å²) >= 11 is 0. The van der Waals surface area contributed by atoms with E-state index in [1.54, 1.807) is 49.6 Å². The van der Waals surface area contributed by atoms with Crippen molar-refractivity contribution in [3.8, 4) is 17.2 Å². The third kappa shape index (κ3) is 9.00. The molecule has 0 saturated heterocycles. The van der Waals surface area contributed by atoms with Gasteiger partial charge in [-0.25, -0.2) is 4.79 Å². The standard InChI is InChI=1S/C28H40N4O5/c1-19(2)32(20(3)4)27(33)22-12-15-24(25(18-22)35-6)37-17-9-7-8-16-36-23-13-10-21(11-14-23)26(29)31-28(34)30-5/h10-15,18-20H,7-9,16-17H2,1-6H3,(H3,29,30,31,34). The van der Waals surface area contributed by atoms with Gasteiger partial charge < -0.3 is 30.2 Å². The largest absolute Gasteiger partial charge is 0.494 e. The summed E-state index contributed by atoms with van der Waals surface area (Å²) in [4.78, 5) is 29.8. The lowest BCUT2D eigenvalue weighted by atomic mass is 10.1. The Kier molecular flexibility index (Phi) is 11.7. The number of carbonyl (C=O) groups is 2. The quantitative estimate of drug-likeness (QED) is 0.230. The van der Waals surface area contributed by atoms with Gasteiger partial charge in [0.05, 0.1) is 20.3 Å². The number of hydrogen-bond acceptors (Lipinski definition) is 5. The zero-order chi connectivity index (χ0) is 27.4. The number of methoxy groups -OCH3 is 1. The molecule has 3 N–H and O–H groups in total. The number of carbonyl (C=O) groups excluding carboxylic acids is 2. The van der Waals surface area contributed by atoms with Gasteiger partial charge in [0.15, 0.2) is 11.5 Å². The Morgan fingerprint density at radius 1 is 0.892 bits per heavy atom. The van der Waals surface area contributed by atoms with Crippen LogP contribution in [-0.2, 0) is 0 Å². The van der Waals surface area contributed by atoms with Gasteiger partial charge in [0.2, 0.25) is 0 Å². The van der Waals surface area contributed by atoms with Crippen LogP contribution in [0.5, 0.6) is 17.2 Å². The molecule has 3 amide bonds. The molecule has 202 valence electrons. The molecule has 2 aromatic carbocycles. The minimum Gasteiger partial charge on any atom is -0.494 e. The minimum absolute atomic E-state index is 0.0232. The average molecular weight is 513 g/mol. The molecule has 0 spiro atoms. The van der Waals surface area contributed by atoms with Gasteiger partial charge in [0.1, 0.15) is 11.6 Å². The van der Waals surface area contributed by atoms with Gasteiger partial charge in [0.25, 0.3) is 5.91 Å². The molecule has 0 radical (unpaired) electrons. The van der Waals surface area contributed by atoms with Gasteiger partial charge in [0, 0.05) is 30.3 Å². The van der Waals surface area contributed by atoms with E-state index in [-0.39, 0.29) is 23.8 Å². The van der Waals surface area contributed by atoms with E-state index in [1.165, 1.54) is 7.05 Å². The summed E-state index contributed by atoms with van der Waals surface area (Å²) in [5.74, 6) is 2.02. The second-order valence-electron chi connectivity index (χ2n) is 9.10.